The van der Waals surface area contributed by atoms with E-state index in [0.717, 1.165) is 0 Å². The van der Waals surface area contributed by atoms with Crippen LogP contribution in [0.1, 0.15) is 6.92 Å². The van der Waals surface area contributed by atoms with Gasteiger partial charge in [0.15, 0.2) is 6.29 Å². The largest absolute Gasteiger partial charge is 0.394 e. The molecule has 1 aliphatic rings. The number of nitrogens with one attached hydrogen (secondary N) is 1. The summed E-state index contributed by atoms with van der Waals surface area (Å²) in [5.41, 5.74) is 0. The molecule has 1 heterocycles. The number of rotatable bonds is 5. The molecule has 4 N–H and O–H groups in total. The molecule has 1 saturated heterocycles. The van der Waals surface area contributed by atoms with Crippen LogP contribution >= 0.6 is 12.2 Å². The fraction of sp³-hybridized carbons (Fsp3) is 0.800. The lowest BCUT2D eigenvalue weighted by molar-refractivity contribution is -0.265. The van der Waals surface area contributed by atoms with Crippen molar-refractivity contribution in [3.8, 4) is 0 Å². The highest BCUT2D eigenvalue weighted by Gasteiger charge is 2.45. The molecule has 5 atom stereocenters. The molecule has 0 radical (unpaired) electrons. The van der Waals surface area contributed by atoms with Crippen LogP contribution < -0.4 is 5.32 Å². The van der Waals surface area contributed by atoms with Crippen LogP contribution in [0.3, 0.4) is 0 Å². The zero-order valence-corrected chi connectivity index (χ0v) is 10.7. The molecular formula is C10H17NO6S. The Labute approximate surface area is 110 Å². The minimum absolute atomic E-state index is 0.0804. The highest BCUT2D eigenvalue weighted by atomic mass is 32.1. The summed E-state index contributed by atoms with van der Waals surface area (Å²) in [6, 6.07) is -0.921. The molecule has 104 valence electrons. The molecule has 0 aliphatic carbocycles. The Kier molecular flexibility index (Phi) is 6.06. The molecule has 1 amide bonds. The summed E-state index contributed by atoms with van der Waals surface area (Å²) in [6.45, 7) is 0.882. The van der Waals surface area contributed by atoms with Gasteiger partial charge in [0.2, 0.25) is 5.91 Å². The molecule has 1 aliphatic heterocycles. The second-order valence-electron chi connectivity index (χ2n) is 3.93. The Bertz CT molecular complexity index is 302. The summed E-state index contributed by atoms with van der Waals surface area (Å²) in [5.74, 6) is -0.395. The van der Waals surface area contributed by atoms with E-state index in [4.69, 9.17) is 14.6 Å². The van der Waals surface area contributed by atoms with Crippen LogP contribution in [0.5, 0.6) is 0 Å². The van der Waals surface area contributed by atoms with E-state index >= 15 is 0 Å². The molecule has 1 unspecified atom stereocenters. The Morgan fingerprint density at radius 1 is 1.50 bits per heavy atom. The highest BCUT2D eigenvalue weighted by molar-refractivity contribution is 7.79. The molecule has 0 saturated carbocycles. The second-order valence-corrected chi connectivity index (χ2v) is 4.27. The predicted molar refractivity (Wildman–Crippen MR) is 65.0 cm³/mol. The fourth-order valence-corrected chi connectivity index (χ4v) is 1.83. The lowest BCUT2D eigenvalue weighted by Gasteiger charge is -2.41. The second kappa shape index (κ2) is 7.07. The number of hydrogen-bond acceptors (Lipinski definition) is 7. The molecule has 0 spiro atoms. The number of carbonyl (C=O) groups is 1. The van der Waals surface area contributed by atoms with E-state index in [1.807, 2.05) is 0 Å². The smallest absolute Gasteiger partial charge is 0.217 e. The summed E-state index contributed by atoms with van der Waals surface area (Å²) in [5, 5.41) is 32.4. The number of aliphatic hydroxyl groups is 3. The topological polar surface area (TPSA) is 108 Å². The first kappa shape index (κ1) is 15.4. The van der Waals surface area contributed by atoms with Crippen molar-refractivity contribution < 1.29 is 29.6 Å². The number of aliphatic hydroxyl groups excluding tert-OH is 3. The molecule has 1 rings (SSSR count). The van der Waals surface area contributed by atoms with Crippen molar-refractivity contribution in [3.05, 3.63) is 0 Å². The van der Waals surface area contributed by atoms with Gasteiger partial charge in [0.25, 0.3) is 0 Å². The first-order valence-corrected chi connectivity index (χ1v) is 5.93. The maximum atomic E-state index is 11.0. The van der Waals surface area contributed by atoms with Gasteiger partial charge in [-0.15, -0.1) is 0 Å². The monoisotopic (exact) mass is 279 g/mol. The number of ether oxygens (including phenoxy) is 2. The van der Waals surface area contributed by atoms with Crippen molar-refractivity contribution in [1.82, 2.24) is 5.32 Å². The SMILES string of the molecule is CC(=O)N[C@H]1C(OCC=S)O[C@H](CO)[C@@H](O)[C@@H]1O. The molecule has 8 heteroatoms. The Morgan fingerprint density at radius 2 is 2.17 bits per heavy atom. The first-order chi connectivity index (χ1) is 8.51. The summed E-state index contributed by atoms with van der Waals surface area (Å²) in [7, 11) is 0. The van der Waals surface area contributed by atoms with Gasteiger partial charge in [-0.05, 0) is 0 Å². The van der Waals surface area contributed by atoms with Crippen molar-refractivity contribution in [3.63, 3.8) is 0 Å². The van der Waals surface area contributed by atoms with Gasteiger partial charge in [-0.25, -0.2) is 0 Å². The van der Waals surface area contributed by atoms with Gasteiger partial charge in [0.05, 0.1) is 13.2 Å². The zero-order valence-electron chi connectivity index (χ0n) is 9.85. The third kappa shape index (κ3) is 3.67. The standard InChI is InChI=1S/C10H17NO6S/c1-5(13)11-7-9(15)8(14)6(4-12)17-10(7)16-2-3-18/h3,6-10,12,14-15H,2,4H2,1H3,(H,11,13)/t6-,7-,8-,9-,10?/m1/s1. The minimum Gasteiger partial charge on any atom is -0.394 e. The average molecular weight is 279 g/mol. The lowest BCUT2D eigenvalue weighted by Crippen LogP contribution is -2.64. The predicted octanol–water partition coefficient (Wildman–Crippen LogP) is -2.05. The molecule has 0 aromatic heterocycles. The number of carbonyl (C=O) groups excluding carboxylic acids is 1. The number of hydrogen-bond donors (Lipinski definition) is 4. The highest BCUT2D eigenvalue weighted by Crippen LogP contribution is 2.21. The van der Waals surface area contributed by atoms with Crippen LogP contribution in [-0.4, -0.2) is 70.5 Å². The van der Waals surface area contributed by atoms with Gasteiger partial charge in [-0.2, -0.15) is 0 Å². The molecule has 0 aromatic rings. The van der Waals surface area contributed by atoms with Crippen molar-refractivity contribution >= 4 is 23.5 Å². The quantitative estimate of drug-likeness (QED) is 0.429. The van der Waals surface area contributed by atoms with Crippen molar-refractivity contribution in [2.45, 2.75) is 37.6 Å². The molecule has 1 fully saturated rings. The normalized spacial score (nSPS) is 36.1. The fourth-order valence-electron chi connectivity index (χ4n) is 1.75. The maximum absolute atomic E-state index is 11.0. The Morgan fingerprint density at radius 3 is 2.67 bits per heavy atom. The molecule has 7 nitrogen and oxygen atoms in total. The first-order valence-electron chi connectivity index (χ1n) is 5.46. The Balaban J connectivity index is 2.79. The number of amides is 1. The van der Waals surface area contributed by atoms with E-state index in [9.17, 15) is 15.0 Å². The van der Waals surface area contributed by atoms with Crippen molar-refractivity contribution in [2.24, 2.45) is 0 Å². The van der Waals surface area contributed by atoms with E-state index in [2.05, 4.69) is 17.5 Å². The number of thiocarbonyl (C=S) groups is 1. The van der Waals surface area contributed by atoms with Crippen molar-refractivity contribution in [1.29, 1.82) is 0 Å². The molecule has 0 bridgehead atoms. The summed E-state index contributed by atoms with van der Waals surface area (Å²) in [6.07, 6.45) is -4.56. The maximum Gasteiger partial charge on any atom is 0.217 e. The lowest BCUT2D eigenvalue weighted by atomic mass is 9.97. The van der Waals surface area contributed by atoms with E-state index < -0.39 is 43.2 Å². The minimum atomic E-state index is -1.31. The van der Waals surface area contributed by atoms with E-state index in [0.29, 0.717) is 0 Å². The molecule has 0 aromatic carbocycles. The summed E-state index contributed by atoms with van der Waals surface area (Å²) >= 11 is 4.60. The molecule has 18 heavy (non-hydrogen) atoms. The van der Waals surface area contributed by atoms with Crippen LogP contribution in [0.15, 0.2) is 0 Å². The van der Waals surface area contributed by atoms with Crippen LogP contribution in [0.4, 0.5) is 0 Å². The van der Waals surface area contributed by atoms with Gasteiger partial charge >= 0.3 is 0 Å². The summed E-state index contributed by atoms with van der Waals surface area (Å²) in [4.78, 5) is 11.0. The van der Waals surface area contributed by atoms with Crippen LogP contribution in [0.25, 0.3) is 0 Å². The summed E-state index contributed by atoms with van der Waals surface area (Å²) < 4.78 is 10.5. The van der Waals surface area contributed by atoms with Gasteiger partial charge < -0.3 is 30.1 Å². The Hall–Kier alpha value is -0.640. The van der Waals surface area contributed by atoms with Gasteiger partial charge in [0, 0.05) is 12.3 Å². The van der Waals surface area contributed by atoms with Crippen LogP contribution in [0, 0.1) is 0 Å². The average Bonchev–Trinajstić information content (AvgIpc) is 2.33. The van der Waals surface area contributed by atoms with Gasteiger partial charge in [-0.1, -0.05) is 12.2 Å². The third-order valence-corrected chi connectivity index (χ3v) is 2.72. The van der Waals surface area contributed by atoms with Gasteiger partial charge in [0.1, 0.15) is 24.4 Å². The van der Waals surface area contributed by atoms with Crippen LogP contribution in [-0.2, 0) is 14.3 Å². The van der Waals surface area contributed by atoms with E-state index in [-0.39, 0.29) is 6.61 Å². The van der Waals surface area contributed by atoms with Crippen LogP contribution in [0.2, 0.25) is 0 Å². The van der Waals surface area contributed by atoms with Crippen molar-refractivity contribution in [2.75, 3.05) is 13.2 Å². The molecular weight excluding hydrogens is 262 g/mol. The van der Waals surface area contributed by atoms with Gasteiger partial charge in [-0.3, -0.25) is 4.79 Å². The third-order valence-electron chi connectivity index (χ3n) is 2.58. The zero-order chi connectivity index (χ0) is 13.7. The van der Waals surface area contributed by atoms with E-state index in [1.165, 1.54) is 12.3 Å². The van der Waals surface area contributed by atoms with E-state index in [1.54, 1.807) is 0 Å².